The predicted molar refractivity (Wildman–Crippen MR) is 64.1 cm³/mol. The van der Waals surface area contributed by atoms with Gasteiger partial charge in [0.25, 0.3) is 0 Å². The number of halogens is 3. The van der Waals surface area contributed by atoms with Gasteiger partial charge in [0.1, 0.15) is 11.9 Å². The van der Waals surface area contributed by atoms with Gasteiger partial charge < -0.3 is 15.2 Å². The van der Waals surface area contributed by atoms with Gasteiger partial charge in [0.05, 0.1) is 18.8 Å². The van der Waals surface area contributed by atoms with Crippen molar-refractivity contribution in [2.24, 2.45) is 5.73 Å². The van der Waals surface area contributed by atoms with Crippen LogP contribution in [0, 0.1) is 0 Å². The maximum atomic E-state index is 13.0. The molecule has 106 valence electrons. The molecule has 1 saturated heterocycles. The molecular formula is C13H16F3NO2. The van der Waals surface area contributed by atoms with Gasteiger partial charge in [0, 0.05) is 6.42 Å². The summed E-state index contributed by atoms with van der Waals surface area (Å²) in [4.78, 5) is 0. The third kappa shape index (κ3) is 3.61. The van der Waals surface area contributed by atoms with Crippen molar-refractivity contribution in [2.75, 3.05) is 19.8 Å². The summed E-state index contributed by atoms with van der Waals surface area (Å²) >= 11 is 0. The molecule has 0 bridgehead atoms. The summed E-state index contributed by atoms with van der Waals surface area (Å²) < 4.78 is 49.5. The van der Waals surface area contributed by atoms with Crippen molar-refractivity contribution < 1.29 is 22.6 Å². The van der Waals surface area contributed by atoms with Gasteiger partial charge in [-0.05, 0) is 30.7 Å². The van der Waals surface area contributed by atoms with Crippen LogP contribution in [0.5, 0.6) is 5.75 Å². The first-order chi connectivity index (χ1) is 9.00. The van der Waals surface area contributed by atoms with Gasteiger partial charge in [-0.25, -0.2) is 0 Å². The molecule has 1 aliphatic rings. The minimum Gasteiger partial charge on any atom is -0.487 e. The van der Waals surface area contributed by atoms with Gasteiger partial charge in [0.15, 0.2) is 0 Å². The van der Waals surface area contributed by atoms with Crippen molar-refractivity contribution in [3.63, 3.8) is 0 Å². The van der Waals surface area contributed by atoms with Crippen LogP contribution in [0.15, 0.2) is 18.2 Å². The van der Waals surface area contributed by atoms with E-state index in [1.54, 1.807) is 6.07 Å². The molecule has 1 aromatic rings. The second-order valence-corrected chi connectivity index (χ2v) is 4.47. The highest BCUT2D eigenvalue weighted by Gasteiger charge is 2.35. The highest BCUT2D eigenvalue weighted by molar-refractivity contribution is 5.39. The van der Waals surface area contributed by atoms with E-state index in [4.69, 9.17) is 15.2 Å². The minimum absolute atomic E-state index is 0.135. The third-order valence-corrected chi connectivity index (χ3v) is 2.96. The zero-order valence-corrected chi connectivity index (χ0v) is 10.4. The van der Waals surface area contributed by atoms with E-state index in [1.165, 1.54) is 6.07 Å². The Morgan fingerprint density at radius 1 is 1.37 bits per heavy atom. The Kier molecular flexibility index (Phi) is 4.31. The number of nitrogens with two attached hydrogens (primary N) is 1. The molecule has 3 nitrogen and oxygen atoms in total. The van der Waals surface area contributed by atoms with Crippen LogP contribution in [-0.2, 0) is 17.3 Å². The van der Waals surface area contributed by atoms with Gasteiger partial charge in [0.2, 0.25) is 0 Å². The van der Waals surface area contributed by atoms with Crippen molar-refractivity contribution in [1.29, 1.82) is 0 Å². The number of ether oxygens (including phenoxy) is 2. The lowest BCUT2D eigenvalue weighted by molar-refractivity contribution is -0.139. The number of rotatable bonds is 4. The third-order valence-electron chi connectivity index (χ3n) is 2.96. The quantitative estimate of drug-likeness (QED) is 0.917. The second-order valence-electron chi connectivity index (χ2n) is 4.47. The summed E-state index contributed by atoms with van der Waals surface area (Å²) in [6.45, 7) is 1.17. The van der Waals surface area contributed by atoms with E-state index in [0.717, 1.165) is 6.07 Å². The normalized spacial score (nSPS) is 19.7. The molecule has 0 aromatic heterocycles. The summed E-state index contributed by atoms with van der Waals surface area (Å²) in [5.41, 5.74) is 5.18. The molecule has 0 amide bonds. The van der Waals surface area contributed by atoms with Crippen LogP contribution in [0.2, 0.25) is 0 Å². The predicted octanol–water partition coefficient (Wildman–Crippen LogP) is 2.37. The Morgan fingerprint density at radius 3 is 2.74 bits per heavy atom. The Balaban J connectivity index is 2.25. The summed E-state index contributed by atoms with van der Waals surface area (Å²) in [7, 11) is 0. The molecule has 0 saturated carbocycles. The van der Waals surface area contributed by atoms with Crippen LogP contribution < -0.4 is 10.5 Å². The fourth-order valence-corrected chi connectivity index (χ4v) is 2.01. The molecular weight excluding hydrogens is 259 g/mol. The van der Waals surface area contributed by atoms with E-state index in [1.807, 2.05) is 0 Å². The highest BCUT2D eigenvalue weighted by atomic mass is 19.4. The average molecular weight is 275 g/mol. The van der Waals surface area contributed by atoms with Crippen LogP contribution in [0.3, 0.4) is 0 Å². The number of benzene rings is 1. The first-order valence-electron chi connectivity index (χ1n) is 6.15. The van der Waals surface area contributed by atoms with Gasteiger partial charge in [-0.1, -0.05) is 6.07 Å². The monoisotopic (exact) mass is 275 g/mol. The van der Waals surface area contributed by atoms with Crippen LogP contribution in [0.4, 0.5) is 13.2 Å². The zero-order chi connectivity index (χ0) is 13.9. The average Bonchev–Trinajstić information content (AvgIpc) is 2.83. The first kappa shape index (κ1) is 14.1. The molecule has 6 heteroatoms. The number of hydrogen-bond donors (Lipinski definition) is 1. The summed E-state index contributed by atoms with van der Waals surface area (Å²) in [6, 6.07) is 4.09. The standard InChI is InChI=1S/C13H16F3NO2/c14-13(15,16)11-7-9(3-5-17)1-2-12(11)19-10-4-6-18-8-10/h1-2,7,10H,3-6,8,17H2. The maximum absolute atomic E-state index is 13.0. The summed E-state index contributed by atoms with van der Waals surface area (Å²) in [6.07, 6.45) is -3.71. The van der Waals surface area contributed by atoms with Crippen LogP contribution >= 0.6 is 0 Å². The molecule has 1 aromatic carbocycles. The molecule has 1 aliphatic heterocycles. The maximum Gasteiger partial charge on any atom is 0.419 e. The molecule has 0 radical (unpaired) electrons. The van der Waals surface area contributed by atoms with Crippen molar-refractivity contribution in [3.8, 4) is 5.75 Å². The fraction of sp³-hybridized carbons (Fsp3) is 0.538. The van der Waals surface area contributed by atoms with E-state index in [0.29, 0.717) is 38.2 Å². The van der Waals surface area contributed by atoms with E-state index >= 15 is 0 Å². The van der Waals surface area contributed by atoms with E-state index in [2.05, 4.69) is 0 Å². The van der Waals surface area contributed by atoms with Crippen molar-refractivity contribution in [3.05, 3.63) is 29.3 Å². The van der Waals surface area contributed by atoms with Gasteiger partial charge in [-0.15, -0.1) is 0 Å². The molecule has 2 N–H and O–H groups in total. The number of alkyl halides is 3. The Bertz CT molecular complexity index is 428. The SMILES string of the molecule is NCCc1ccc(OC2CCOC2)c(C(F)(F)F)c1. The first-order valence-corrected chi connectivity index (χ1v) is 6.15. The Morgan fingerprint density at radius 2 is 2.16 bits per heavy atom. The lowest BCUT2D eigenvalue weighted by Crippen LogP contribution is -2.19. The summed E-state index contributed by atoms with van der Waals surface area (Å²) in [5, 5.41) is 0. The highest BCUT2D eigenvalue weighted by Crippen LogP contribution is 2.37. The van der Waals surface area contributed by atoms with Crippen LogP contribution in [0.25, 0.3) is 0 Å². The van der Waals surface area contributed by atoms with Crippen molar-refractivity contribution >= 4 is 0 Å². The molecule has 1 fully saturated rings. The van der Waals surface area contributed by atoms with E-state index < -0.39 is 11.7 Å². The van der Waals surface area contributed by atoms with E-state index in [9.17, 15) is 13.2 Å². The second kappa shape index (κ2) is 5.79. The fourth-order valence-electron chi connectivity index (χ4n) is 2.01. The van der Waals surface area contributed by atoms with Crippen LogP contribution in [-0.4, -0.2) is 25.9 Å². The zero-order valence-electron chi connectivity index (χ0n) is 10.4. The summed E-state index contributed by atoms with van der Waals surface area (Å²) in [5.74, 6) is -0.135. The Labute approximate surface area is 109 Å². The van der Waals surface area contributed by atoms with Gasteiger partial charge in [-0.2, -0.15) is 13.2 Å². The number of hydrogen-bond acceptors (Lipinski definition) is 3. The lowest BCUT2D eigenvalue weighted by Gasteiger charge is -2.18. The molecule has 0 aliphatic carbocycles. The molecule has 0 spiro atoms. The topological polar surface area (TPSA) is 44.5 Å². The largest absolute Gasteiger partial charge is 0.487 e. The smallest absolute Gasteiger partial charge is 0.419 e. The Hall–Kier alpha value is -1.27. The molecule has 19 heavy (non-hydrogen) atoms. The molecule has 1 heterocycles. The minimum atomic E-state index is -4.43. The van der Waals surface area contributed by atoms with E-state index in [-0.39, 0.29) is 11.9 Å². The van der Waals surface area contributed by atoms with Crippen molar-refractivity contribution in [2.45, 2.75) is 25.1 Å². The molecule has 1 unspecified atom stereocenters. The van der Waals surface area contributed by atoms with Gasteiger partial charge in [-0.3, -0.25) is 0 Å². The lowest BCUT2D eigenvalue weighted by atomic mass is 10.1. The van der Waals surface area contributed by atoms with Crippen molar-refractivity contribution in [1.82, 2.24) is 0 Å². The molecule has 1 atom stereocenters. The van der Waals surface area contributed by atoms with Crippen LogP contribution in [0.1, 0.15) is 17.5 Å². The van der Waals surface area contributed by atoms with Gasteiger partial charge >= 0.3 is 6.18 Å². The molecule has 2 rings (SSSR count).